The van der Waals surface area contributed by atoms with Crippen LogP contribution in [0.15, 0.2) is 45.8 Å². The molecule has 0 aliphatic carbocycles. The molecule has 0 atom stereocenters. The van der Waals surface area contributed by atoms with Gasteiger partial charge in [0.15, 0.2) is 0 Å². The first kappa shape index (κ1) is 16.2. The molecule has 0 aliphatic heterocycles. The monoisotopic (exact) mass is 393 g/mol. The lowest BCUT2D eigenvalue weighted by molar-refractivity contribution is 0.282. The molecule has 0 saturated carbocycles. The SMILES string of the molecule is O=S(=O)(Nc1cc(F)ccc1Br)c1ccc(CO)c(Cl)c1. The first-order chi connectivity index (χ1) is 9.83. The van der Waals surface area contributed by atoms with Crippen molar-refractivity contribution in [2.45, 2.75) is 11.5 Å². The molecule has 2 rings (SSSR count). The third-order valence-electron chi connectivity index (χ3n) is 2.68. The van der Waals surface area contributed by atoms with E-state index in [1.54, 1.807) is 0 Å². The van der Waals surface area contributed by atoms with E-state index >= 15 is 0 Å². The number of aliphatic hydroxyl groups excluding tert-OH is 1. The van der Waals surface area contributed by atoms with Crippen molar-refractivity contribution in [3.8, 4) is 0 Å². The van der Waals surface area contributed by atoms with Crippen molar-refractivity contribution in [3.63, 3.8) is 0 Å². The Kier molecular flexibility index (Phi) is 4.88. The van der Waals surface area contributed by atoms with Gasteiger partial charge < -0.3 is 5.11 Å². The summed E-state index contributed by atoms with van der Waals surface area (Å²) in [5.41, 5.74) is 0.500. The van der Waals surface area contributed by atoms with Crippen LogP contribution >= 0.6 is 27.5 Å². The van der Waals surface area contributed by atoms with Gasteiger partial charge in [-0.3, -0.25) is 4.72 Å². The minimum atomic E-state index is -3.91. The van der Waals surface area contributed by atoms with Gasteiger partial charge in [0.1, 0.15) is 5.82 Å². The molecular weight excluding hydrogens is 385 g/mol. The highest BCUT2D eigenvalue weighted by atomic mass is 79.9. The van der Waals surface area contributed by atoms with Crippen LogP contribution in [0.25, 0.3) is 0 Å². The first-order valence-corrected chi connectivity index (χ1v) is 8.36. The van der Waals surface area contributed by atoms with Crippen molar-refractivity contribution in [1.82, 2.24) is 0 Å². The summed E-state index contributed by atoms with van der Waals surface area (Å²) in [6.45, 7) is -0.290. The Labute approximate surface area is 134 Å². The molecule has 0 spiro atoms. The van der Waals surface area contributed by atoms with Gasteiger partial charge in [-0.25, -0.2) is 12.8 Å². The molecule has 21 heavy (non-hydrogen) atoms. The highest BCUT2D eigenvalue weighted by Crippen LogP contribution is 2.27. The number of benzene rings is 2. The smallest absolute Gasteiger partial charge is 0.261 e. The quantitative estimate of drug-likeness (QED) is 0.833. The molecule has 2 N–H and O–H groups in total. The zero-order valence-electron chi connectivity index (χ0n) is 10.5. The Balaban J connectivity index is 2.38. The van der Waals surface area contributed by atoms with E-state index in [4.69, 9.17) is 16.7 Å². The lowest BCUT2D eigenvalue weighted by Crippen LogP contribution is -2.13. The van der Waals surface area contributed by atoms with Crippen LogP contribution in [0.1, 0.15) is 5.56 Å². The lowest BCUT2D eigenvalue weighted by Gasteiger charge is -2.11. The fourth-order valence-corrected chi connectivity index (χ4v) is 3.48. The number of anilines is 1. The predicted molar refractivity (Wildman–Crippen MR) is 82.3 cm³/mol. The first-order valence-electron chi connectivity index (χ1n) is 5.70. The zero-order chi connectivity index (χ0) is 15.6. The maximum Gasteiger partial charge on any atom is 0.261 e. The molecule has 0 bridgehead atoms. The molecule has 112 valence electrons. The van der Waals surface area contributed by atoms with Gasteiger partial charge in [-0.15, -0.1) is 0 Å². The Bertz CT molecular complexity index is 783. The molecule has 0 aliphatic rings. The third kappa shape index (κ3) is 3.74. The van der Waals surface area contributed by atoms with E-state index in [2.05, 4.69) is 20.7 Å². The largest absolute Gasteiger partial charge is 0.392 e. The zero-order valence-corrected chi connectivity index (χ0v) is 13.6. The Morgan fingerprint density at radius 1 is 1.24 bits per heavy atom. The number of halogens is 3. The second kappa shape index (κ2) is 6.31. The van der Waals surface area contributed by atoms with E-state index < -0.39 is 15.8 Å². The molecule has 0 fully saturated rings. The standard InChI is InChI=1S/C13H10BrClFNO3S/c14-11-4-2-9(16)5-13(11)17-21(19,20)10-3-1-8(7-18)12(15)6-10/h1-6,17-18H,7H2. The van der Waals surface area contributed by atoms with Gasteiger partial charge in [0.25, 0.3) is 10.0 Å². The molecule has 0 saturated heterocycles. The lowest BCUT2D eigenvalue weighted by atomic mass is 10.2. The van der Waals surface area contributed by atoms with Crippen LogP contribution in [0.2, 0.25) is 5.02 Å². The fourth-order valence-electron chi connectivity index (χ4n) is 1.60. The van der Waals surface area contributed by atoms with Gasteiger partial charge >= 0.3 is 0 Å². The van der Waals surface area contributed by atoms with Crippen molar-refractivity contribution in [2.75, 3.05) is 4.72 Å². The fraction of sp³-hybridized carbons (Fsp3) is 0.0769. The van der Waals surface area contributed by atoms with Crippen LogP contribution in [0.4, 0.5) is 10.1 Å². The maximum absolute atomic E-state index is 13.2. The van der Waals surface area contributed by atoms with Gasteiger partial charge in [-0.1, -0.05) is 17.7 Å². The number of sulfonamides is 1. The Morgan fingerprint density at radius 2 is 1.95 bits per heavy atom. The molecule has 0 aromatic heterocycles. The summed E-state index contributed by atoms with van der Waals surface area (Å²) in [7, 11) is -3.91. The number of rotatable bonds is 4. The Morgan fingerprint density at radius 3 is 2.57 bits per heavy atom. The minimum absolute atomic E-state index is 0.0809. The summed E-state index contributed by atoms with van der Waals surface area (Å²) < 4.78 is 40.3. The number of nitrogens with one attached hydrogen (secondary N) is 1. The van der Waals surface area contributed by atoms with Crippen LogP contribution < -0.4 is 4.72 Å². The van der Waals surface area contributed by atoms with Gasteiger partial charge in [0.2, 0.25) is 0 Å². The second-order valence-electron chi connectivity index (χ2n) is 4.14. The summed E-state index contributed by atoms with van der Waals surface area (Å²) in [5.74, 6) is -0.565. The molecule has 0 heterocycles. The highest BCUT2D eigenvalue weighted by molar-refractivity contribution is 9.10. The van der Waals surface area contributed by atoms with E-state index in [0.29, 0.717) is 10.0 Å². The summed E-state index contributed by atoms with van der Waals surface area (Å²) in [6, 6.07) is 7.61. The number of hydrogen-bond donors (Lipinski definition) is 2. The number of hydrogen-bond acceptors (Lipinski definition) is 3. The maximum atomic E-state index is 13.2. The van der Waals surface area contributed by atoms with Crippen molar-refractivity contribution < 1.29 is 17.9 Å². The topological polar surface area (TPSA) is 66.4 Å². The molecule has 0 unspecified atom stereocenters. The normalized spacial score (nSPS) is 11.4. The summed E-state index contributed by atoms with van der Waals surface area (Å²) in [5, 5.41) is 9.15. The molecule has 4 nitrogen and oxygen atoms in total. The van der Waals surface area contributed by atoms with Gasteiger partial charge in [0.05, 0.1) is 17.2 Å². The average Bonchev–Trinajstić information content (AvgIpc) is 2.42. The van der Waals surface area contributed by atoms with Crippen LogP contribution in [0, 0.1) is 5.82 Å². The van der Waals surface area contributed by atoms with E-state index in [9.17, 15) is 12.8 Å². The van der Waals surface area contributed by atoms with Crippen molar-refractivity contribution in [1.29, 1.82) is 0 Å². The average molecular weight is 395 g/mol. The van der Waals surface area contributed by atoms with Crippen molar-refractivity contribution in [2.24, 2.45) is 0 Å². The Hall–Kier alpha value is -1.15. The molecule has 0 amide bonds. The van der Waals surface area contributed by atoms with E-state index in [-0.39, 0.29) is 22.2 Å². The third-order valence-corrected chi connectivity index (χ3v) is 5.08. The van der Waals surface area contributed by atoms with Crippen LogP contribution in [0.3, 0.4) is 0 Å². The molecule has 2 aromatic rings. The van der Waals surface area contributed by atoms with E-state index in [0.717, 1.165) is 6.07 Å². The predicted octanol–water partition coefficient (Wildman–Crippen LogP) is 3.53. The van der Waals surface area contributed by atoms with Gasteiger partial charge in [-0.05, 0) is 51.8 Å². The van der Waals surface area contributed by atoms with Crippen molar-refractivity contribution in [3.05, 3.63) is 57.3 Å². The molecule has 0 radical (unpaired) electrons. The molecule has 8 heteroatoms. The van der Waals surface area contributed by atoms with E-state index in [1.165, 1.54) is 30.3 Å². The van der Waals surface area contributed by atoms with Crippen LogP contribution in [0.5, 0.6) is 0 Å². The van der Waals surface area contributed by atoms with E-state index in [1.807, 2.05) is 0 Å². The summed E-state index contributed by atoms with van der Waals surface area (Å²) in [4.78, 5) is -0.0825. The summed E-state index contributed by atoms with van der Waals surface area (Å²) >= 11 is 9.01. The van der Waals surface area contributed by atoms with Crippen LogP contribution in [-0.2, 0) is 16.6 Å². The summed E-state index contributed by atoms with van der Waals surface area (Å²) in [6.07, 6.45) is 0. The van der Waals surface area contributed by atoms with Crippen LogP contribution in [-0.4, -0.2) is 13.5 Å². The molecule has 2 aromatic carbocycles. The van der Waals surface area contributed by atoms with Gasteiger partial charge in [0, 0.05) is 9.50 Å². The van der Waals surface area contributed by atoms with Crippen molar-refractivity contribution >= 4 is 43.2 Å². The van der Waals surface area contributed by atoms with Gasteiger partial charge in [-0.2, -0.15) is 0 Å². The molecular formula is C13H10BrClFNO3S. The second-order valence-corrected chi connectivity index (χ2v) is 7.08. The minimum Gasteiger partial charge on any atom is -0.392 e. The highest BCUT2D eigenvalue weighted by Gasteiger charge is 2.17. The number of aliphatic hydroxyl groups is 1.